The van der Waals surface area contributed by atoms with Gasteiger partial charge in [-0.1, -0.05) is 27.5 Å². The predicted octanol–water partition coefficient (Wildman–Crippen LogP) is 2.22. The SMILES string of the molecule is N/C(=N/O)c1ccc(Br)cc1N1CCN2CCCCC2C1. The fraction of sp³-hybridized carbons (Fsp3) is 0.533. The monoisotopic (exact) mass is 352 g/mol. The minimum Gasteiger partial charge on any atom is -0.409 e. The Bertz CT molecular complexity index is 548. The predicted molar refractivity (Wildman–Crippen MR) is 88.1 cm³/mol. The molecule has 0 aliphatic carbocycles. The summed E-state index contributed by atoms with van der Waals surface area (Å²) in [5, 5.41) is 12.2. The fourth-order valence-electron chi connectivity index (χ4n) is 3.41. The maximum absolute atomic E-state index is 8.99. The number of benzene rings is 1. The molecule has 114 valence electrons. The molecule has 0 bridgehead atoms. The molecule has 2 fully saturated rings. The summed E-state index contributed by atoms with van der Waals surface area (Å²) < 4.78 is 1.01. The summed E-state index contributed by atoms with van der Waals surface area (Å²) in [6.07, 6.45) is 3.91. The molecule has 2 aliphatic heterocycles. The lowest BCUT2D eigenvalue weighted by Gasteiger charge is -2.45. The standard InChI is InChI=1S/C15H21BrN4O/c16-11-4-5-13(15(17)18-21)14(9-11)20-8-7-19-6-2-1-3-12(19)10-20/h4-5,9,12,21H,1-3,6-8,10H2,(H2,17,18). The van der Waals surface area contributed by atoms with Crippen LogP contribution in [-0.4, -0.2) is 48.2 Å². The van der Waals surface area contributed by atoms with E-state index in [2.05, 4.69) is 37.0 Å². The molecule has 2 heterocycles. The minimum atomic E-state index is 0.170. The van der Waals surface area contributed by atoms with Gasteiger partial charge in [-0.2, -0.15) is 0 Å². The van der Waals surface area contributed by atoms with Crippen LogP contribution in [0.25, 0.3) is 0 Å². The van der Waals surface area contributed by atoms with E-state index < -0.39 is 0 Å². The molecular weight excluding hydrogens is 332 g/mol. The number of piperidine rings is 1. The minimum absolute atomic E-state index is 0.170. The molecule has 3 rings (SSSR count). The van der Waals surface area contributed by atoms with Crippen LogP contribution in [0.5, 0.6) is 0 Å². The molecule has 6 heteroatoms. The average molecular weight is 353 g/mol. The van der Waals surface area contributed by atoms with Crippen molar-refractivity contribution in [2.24, 2.45) is 10.9 Å². The van der Waals surface area contributed by atoms with Gasteiger partial charge in [0.15, 0.2) is 5.84 Å². The molecular formula is C15H21BrN4O. The van der Waals surface area contributed by atoms with Crippen LogP contribution in [0, 0.1) is 0 Å². The van der Waals surface area contributed by atoms with Gasteiger partial charge in [0.2, 0.25) is 0 Å². The zero-order valence-electron chi connectivity index (χ0n) is 12.0. The number of piperazine rings is 1. The van der Waals surface area contributed by atoms with Crippen LogP contribution in [0.1, 0.15) is 24.8 Å². The third kappa shape index (κ3) is 3.01. The van der Waals surface area contributed by atoms with E-state index in [1.54, 1.807) is 0 Å². The first-order chi connectivity index (χ1) is 10.2. The Morgan fingerprint density at radius 3 is 2.95 bits per heavy atom. The molecule has 1 aromatic carbocycles. The lowest BCUT2D eigenvalue weighted by atomic mass is 9.98. The Balaban J connectivity index is 1.87. The van der Waals surface area contributed by atoms with Gasteiger partial charge < -0.3 is 15.8 Å². The first-order valence-corrected chi connectivity index (χ1v) is 8.25. The highest BCUT2D eigenvalue weighted by Crippen LogP contribution is 2.29. The molecule has 0 radical (unpaired) electrons. The number of amidine groups is 1. The van der Waals surface area contributed by atoms with Crippen molar-refractivity contribution in [1.82, 2.24) is 4.90 Å². The van der Waals surface area contributed by atoms with Crippen molar-refractivity contribution >= 4 is 27.5 Å². The van der Waals surface area contributed by atoms with Gasteiger partial charge >= 0.3 is 0 Å². The summed E-state index contributed by atoms with van der Waals surface area (Å²) in [7, 11) is 0. The number of nitrogens with zero attached hydrogens (tertiary/aromatic N) is 3. The van der Waals surface area contributed by atoms with E-state index in [0.717, 1.165) is 35.4 Å². The molecule has 3 N–H and O–H groups in total. The first kappa shape index (κ1) is 14.7. The van der Waals surface area contributed by atoms with E-state index in [-0.39, 0.29) is 5.84 Å². The summed E-state index contributed by atoms with van der Waals surface area (Å²) in [4.78, 5) is 4.96. The van der Waals surface area contributed by atoms with Crippen LogP contribution in [0.3, 0.4) is 0 Å². The van der Waals surface area contributed by atoms with Gasteiger partial charge in [-0.05, 0) is 37.6 Å². The number of hydrogen-bond donors (Lipinski definition) is 2. The van der Waals surface area contributed by atoms with Crippen LogP contribution in [0.4, 0.5) is 5.69 Å². The Morgan fingerprint density at radius 1 is 1.29 bits per heavy atom. The zero-order chi connectivity index (χ0) is 14.8. The van der Waals surface area contributed by atoms with Crippen LogP contribution in [0.15, 0.2) is 27.8 Å². The molecule has 1 unspecified atom stereocenters. The normalized spacial score (nSPS) is 24.0. The molecule has 21 heavy (non-hydrogen) atoms. The molecule has 0 amide bonds. The number of anilines is 1. The smallest absolute Gasteiger partial charge is 0.172 e. The number of fused-ring (bicyclic) bond motifs is 1. The van der Waals surface area contributed by atoms with Crippen LogP contribution in [0.2, 0.25) is 0 Å². The summed E-state index contributed by atoms with van der Waals surface area (Å²) in [6, 6.07) is 6.52. The van der Waals surface area contributed by atoms with Crippen molar-refractivity contribution in [2.75, 3.05) is 31.1 Å². The lowest BCUT2D eigenvalue weighted by molar-refractivity contribution is 0.133. The van der Waals surface area contributed by atoms with Gasteiger partial charge in [-0.15, -0.1) is 0 Å². The molecule has 0 aromatic heterocycles. The fourth-order valence-corrected chi connectivity index (χ4v) is 3.76. The van der Waals surface area contributed by atoms with Crippen LogP contribution in [-0.2, 0) is 0 Å². The Labute approximate surface area is 133 Å². The summed E-state index contributed by atoms with van der Waals surface area (Å²) in [5.74, 6) is 0.170. The second-order valence-electron chi connectivity index (χ2n) is 5.78. The quantitative estimate of drug-likeness (QED) is 0.370. The topological polar surface area (TPSA) is 65.1 Å². The van der Waals surface area contributed by atoms with E-state index in [1.807, 2.05) is 12.1 Å². The Morgan fingerprint density at radius 2 is 2.14 bits per heavy atom. The molecule has 1 atom stereocenters. The average Bonchev–Trinajstić information content (AvgIpc) is 2.53. The number of halogens is 1. The van der Waals surface area contributed by atoms with E-state index in [9.17, 15) is 0 Å². The molecule has 5 nitrogen and oxygen atoms in total. The molecule has 2 saturated heterocycles. The highest BCUT2D eigenvalue weighted by atomic mass is 79.9. The maximum Gasteiger partial charge on any atom is 0.172 e. The Hall–Kier alpha value is -1.27. The van der Waals surface area contributed by atoms with Crippen molar-refractivity contribution in [3.8, 4) is 0 Å². The largest absolute Gasteiger partial charge is 0.409 e. The van der Waals surface area contributed by atoms with Crippen molar-refractivity contribution in [1.29, 1.82) is 0 Å². The van der Waals surface area contributed by atoms with Crippen molar-refractivity contribution in [3.63, 3.8) is 0 Å². The molecule has 0 saturated carbocycles. The summed E-state index contributed by atoms with van der Waals surface area (Å²) in [6.45, 7) is 4.32. The van der Waals surface area contributed by atoms with Crippen LogP contribution < -0.4 is 10.6 Å². The Kier molecular flexibility index (Phi) is 4.35. The maximum atomic E-state index is 8.99. The van der Waals surface area contributed by atoms with E-state index >= 15 is 0 Å². The van der Waals surface area contributed by atoms with Gasteiger partial charge in [0, 0.05) is 41.4 Å². The third-order valence-corrected chi connectivity index (χ3v) is 5.01. The molecule has 2 aliphatic rings. The van der Waals surface area contributed by atoms with Gasteiger partial charge in [-0.25, -0.2) is 0 Å². The van der Waals surface area contributed by atoms with E-state index in [1.165, 1.54) is 25.8 Å². The van der Waals surface area contributed by atoms with Gasteiger partial charge in [0.05, 0.1) is 0 Å². The van der Waals surface area contributed by atoms with Gasteiger partial charge in [-0.3, -0.25) is 4.90 Å². The lowest BCUT2D eigenvalue weighted by Crippen LogP contribution is -2.55. The molecule has 0 spiro atoms. The summed E-state index contributed by atoms with van der Waals surface area (Å²) >= 11 is 3.52. The highest BCUT2D eigenvalue weighted by Gasteiger charge is 2.30. The van der Waals surface area contributed by atoms with E-state index in [4.69, 9.17) is 10.9 Å². The number of rotatable bonds is 2. The zero-order valence-corrected chi connectivity index (χ0v) is 13.6. The second-order valence-corrected chi connectivity index (χ2v) is 6.69. The van der Waals surface area contributed by atoms with Crippen LogP contribution >= 0.6 is 15.9 Å². The van der Waals surface area contributed by atoms with Gasteiger partial charge in [0.25, 0.3) is 0 Å². The number of nitrogens with two attached hydrogens (primary N) is 1. The first-order valence-electron chi connectivity index (χ1n) is 7.45. The van der Waals surface area contributed by atoms with E-state index in [0.29, 0.717) is 6.04 Å². The number of oxime groups is 1. The number of hydrogen-bond acceptors (Lipinski definition) is 4. The second kappa shape index (κ2) is 6.23. The van der Waals surface area contributed by atoms with Crippen molar-refractivity contribution in [2.45, 2.75) is 25.3 Å². The van der Waals surface area contributed by atoms with Crippen molar-refractivity contribution < 1.29 is 5.21 Å². The highest BCUT2D eigenvalue weighted by molar-refractivity contribution is 9.10. The molecule has 1 aromatic rings. The van der Waals surface area contributed by atoms with Crippen molar-refractivity contribution in [3.05, 3.63) is 28.2 Å². The summed E-state index contributed by atoms with van der Waals surface area (Å²) in [5.41, 5.74) is 7.67. The third-order valence-electron chi connectivity index (χ3n) is 4.52. The van der Waals surface area contributed by atoms with Gasteiger partial charge in [0.1, 0.15) is 0 Å².